The van der Waals surface area contributed by atoms with Gasteiger partial charge in [0.15, 0.2) is 10.3 Å². The van der Waals surface area contributed by atoms with Gasteiger partial charge in [-0.3, -0.25) is 4.79 Å². The topological polar surface area (TPSA) is 77.6 Å². The second kappa shape index (κ2) is 7.63. The summed E-state index contributed by atoms with van der Waals surface area (Å²) in [6, 6.07) is 4.09. The summed E-state index contributed by atoms with van der Waals surface area (Å²) in [4.78, 5) is 16.0. The predicted molar refractivity (Wildman–Crippen MR) is 95.4 cm³/mol. The highest BCUT2D eigenvalue weighted by Crippen LogP contribution is 2.19. The van der Waals surface area contributed by atoms with Gasteiger partial charge < -0.3 is 14.5 Å². The van der Waals surface area contributed by atoms with Crippen LogP contribution in [0, 0.1) is 0 Å². The summed E-state index contributed by atoms with van der Waals surface area (Å²) >= 11 is 2.79. The highest BCUT2D eigenvalue weighted by atomic mass is 32.2. The van der Waals surface area contributed by atoms with E-state index in [9.17, 15) is 4.79 Å². The van der Waals surface area contributed by atoms with Gasteiger partial charge in [0.1, 0.15) is 5.82 Å². The average molecular weight is 362 g/mol. The van der Waals surface area contributed by atoms with Crippen LogP contribution in [0.4, 0.5) is 5.13 Å². The molecule has 3 aromatic heterocycles. The van der Waals surface area contributed by atoms with E-state index in [1.807, 2.05) is 29.3 Å². The van der Waals surface area contributed by atoms with Crippen LogP contribution in [0.1, 0.15) is 18.4 Å². The Morgan fingerprint density at radius 3 is 2.96 bits per heavy atom. The Bertz CT molecular complexity index is 808. The van der Waals surface area contributed by atoms with E-state index >= 15 is 0 Å². The lowest BCUT2D eigenvalue weighted by Gasteiger charge is -2.08. The number of rotatable bonds is 7. The van der Waals surface area contributed by atoms with Crippen molar-refractivity contribution in [3.05, 3.63) is 41.4 Å². The molecule has 0 radical (unpaired) electrons. The molecule has 0 fully saturated rings. The van der Waals surface area contributed by atoms with Crippen molar-refractivity contribution in [1.82, 2.24) is 24.3 Å². The molecule has 0 aromatic carbocycles. The number of nitrogens with one attached hydrogen (secondary N) is 1. The molecule has 1 amide bonds. The Morgan fingerprint density at radius 1 is 1.42 bits per heavy atom. The minimum absolute atomic E-state index is 0.0930. The average Bonchev–Trinajstić information content (AvgIpc) is 3.29. The third kappa shape index (κ3) is 3.85. The minimum atomic E-state index is -0.0930. The number of amides is 1. The van der Waals surface area contributed by atoms with E-state index in [-0.39, 0.29) is 11.7 Å². The third-order valence-corrected chi connectivity index (χ3v) is 5.17. The van der Waals surface area contributed by atoms with Crippen molar-refractivity contribution < 1.29 is 4.79 Å². The van der Waals surface area contributed by atoms with Crippen molar-refractivity contribution in [3.8, 4) is 0 Å². The number of carbonyl (C=O) groups is 1. The van der Waals surface area contributed by atoms with Crippen molar-refractivity contribution in [2.24, 2.45) is 7.05 Å². The van der Waals surface area contributed by atoms with Crippen LogP contribution in [0.15, 0.2) is 35.1 Å². The molecule has 3 aromatic rings. The van der Waals surface area contributed by atoms with Crippen LogP contribution in [0.25, 0.3) is 0 Å². The minimum Gasteiger partial charge on any atom is -0.354 e. The zero-order valence-corrected chi connectivity index (χ0v) is 15.1. The summed E-state index contributed by atoms with van der Waals surface area (Å²) in [6.07, 6.45) is 4.40. The maximum Gasteiger partial charge on any atom is 0.236 e. The van der Waals surface area contributed by atoms with E-state index in [1.54, 1.807) is 6.20 Å². The molecule has 0 aliphatic heterocycles. The predicted octanol–water partition coefficient (Wildman–Crippen LogP) is 2.41. The van der Waals surface area contributed by atoms with Gasteiger partial charge in [-0.05, 0) is 19.1 Å². The molecule has 1 N–H and O–H groups in total. The first-order valence-electron chi connectivity index (χ1n) is 7.51. The number of carbonyl (C=O) groups excluding carboxylic acids is 1. The molecular weight excluding hydrogens is 344 g/mol. The molecule has 3 rings (SSSR count). The maximum atomic E-state index is 12.0. The van der Waals surface area contributed by atoms with Gasteiger partial charge in [0.25, 0.3) is 0 Å². The largest absolute Gasteiger partial charge is 0.354 e. The van der Waals surface area contributed by atoms with Crippen LogP contribution in [0.5, 0.6) is 0 Å². The molecule has 0 atom stereocenters. The highest BCUT2D eigenvalue weighted by Gasteiger charge is 2.14. The fourth-order valence-electron chi connectivity index (χ4n) is 2.29. The van der Waals surface area contributed by atoms with E-state index in [2.05, 4.69) is 38.1 Å². The molecule has 24 heavy (non-hydrogen) atoms. The number of thioether (sulfide) groups is 1. The zero-order valence-electron chi connectivity index (χ0n) is 13.5. The van der Waals surface area contributed by atoms with Gasteiger partial charge in [-0.1, -0.05) is 11.8 Å². The lowest BCUT2D eigenvalue weighted by Crippen LogP contribution is -2.14. The lowest BCUT2D eigenvalue weighted by atomic mass is 10.3. The molecule has 0 bridgehead atoms. The van der Waals surface area contributed by atoms with Gasteiger partial charge in [0, 0.05) is 43.5 Å². The van der Waals surface area contributed by atoms with Crippen LogP contribution in [0.3, 0.4) is 0 Å². The summed E-state index contributed by atoms with van der Waals surface area (Å²) < 4.78 is 4.12. The molecule has 0 aliphatic carbocycles. The van der Waals surface area contributed by atoms with E-state index in [1.165, 1.54) is 28.8 Å². The van der Waals surface area contributed by atoms with Gasteiger partial charge in [0.2, 0.25) is 5.91 Å². The fraction of sp³-hybridized carbons (Fsp3) is 0.333. The van der Waals surface area contributed by atoms with Crippen LogP contribution < -0.4 is 5.32 Å². The summed E-state index contributed by atoms with van der Waals surface area (Å²) in [6.45, 7) is 2.82. The molecule has 0 unspecified atom stereocenters. The molecule has 9 heteroatoms. The van der Waals surface area contributed by atoms with Crippen LogP contribution in [0.2, 0.25) is 0 Å². The maximum absolute atomic E-state index is 12.0. The summed E-state index contributed by atoms with van der Waals surface area (Å²) in [7, 11) is 2.01. The third-order valence-electron chi connectivity index (χ3n) is 3.51. The summed E-state index contributed by atoms with van der Waals surface area (Å²) in [5.41, 5.74) is 1.18. The first-order valence-corrected chi connectivity index (χ1v) is 9.38. The number of anilines is 1. The molecule has 0 spiro atoms. The fourth-order valence-corrected chi connectivity index (χ4v) is 3.65. The van der Waals surface area contributed by atoms with Gasteiger partial charge in [0.05, 0.1) is 5.75 Å². The number of aryl methyl sites for hydroxylation is 1. The van der Waals surface area contributed by atoms with E-state index in [0.717, 1.165) is 23.9 Å². The Labute approximate surface area is 148 Å². The Kier molecular flexibility index (Phi) is 5.31. The Morgan fingerprint density at radius 2 is 2.29 bits per heavy atom. The van der Waals surface area contributed by atoms with Gasteiger partial charge in [-0.25, -0.2) is 4.98 Å². The SMILES string of the molecule is CCn1c(Cc2cccn2C)nnc1SCC(=O)Nc1nccs1. The van der Waals surface area contributed by atoms with Gasteiger partial charge in [-0.2, -0.15) is 0 Å². The first kappa shape index (κ1) is 16.7. The summed E-state index contributed by atoms with van der Waals surface area (Å²) in [5, 5.41) is 14.5. The number of thiazole rings is 1. The van der Waals surface area contributed by atoms with Crippen LogP contribution in [-0.2, 0) is 24.8 Å². The quantitative estimate of drug-likeness (QED) is 0.653. The Hall–Kier alpha value is -2.13. The van der Waals surface area contributed by atoms with Crippen LogP contribution >= 0.6 is 23.1 Å². The highest BCUT2D eigenvalue weighted by molar-refractivity contribution is 7.99. The molecule has 126 valence electrons. The van der Waals surface area contributed by atoms with Crippen molar-refractivity contribution in [2.45, 2.75) is 25.0 Å². The van der Waals surface area contributed by atoms with E-state index < -0.39 is 0 Å². The van der Waals surface area contributed by atoms with Gasteiger partial charge in [-0.15, -0.1) is 21.5 Å². The Balaban J connectivity index is 1.63. The molecule has 0 saturated carbocycles. The van der Waals surface area contributed by atoms with Crippen LogP contribution in [-0.4, -0.2) is 36.0 Å². The molecule has 3 heterocycles. The number of hydrogen-bond acceptors (Lipinski definition) is 6. The standard InChI is InChI=1S/C15H18N6OS2/c1-3-21-12(9-11-5-4-7-20(11)2)18-19-15(21)24-10-13(22)17-14-16-6-8-23-14/h4-8H,3,9-10H2,1-2H3,(H,16,17,22). The van der Waals surface area contributed by atoms with Crippen molar-refractivity contribution in [1.29, 1.82) is 0 Å². The molecule has 0 aliphatic rings. The second-order valence-electron chi connectivity index (χ2n) is 5.10. The monoisotopic (exact) mass is 362 g/mol. The van der Waals surface area contributed by atoms with E-state index in [4.69, 9.17) is 0 Å². The number of nitrogens with zero attached hydrogens (tertiary/aromatic N) is 5. The lowest BCUT2D eigenvalue weighted by molar-refractivity contribution is -0.113. The van der Waals surface area contributed by atoms with Gasteiger partial charge >= 0.3 is 0 Å². The zero-order chi connectivity index (χ0) is 16.9. The number of aromatic nitrogens is 5. The van der Waals surface area contributed by atoms with E-state index in [0.29, 0.717) is 5.13 Å². The van der Waals surface area contributed by atoms with Crippen molar-refractivity contribution in [2.75, 3.05) is 11.1 Å². The summed E-state index contributed by atoms with van der Waals surface area (Å²) in [5.74, 6) is 1.09. The van der Waals surface area contributed by atoms with Crippen molar-refractivity contribution >= 4 is 34.1 Å². The molecule has 7 nitrogen and oxygen atoms in total. The second-order valence-corrected chi connectivity index (χ2v) is 6.94. The smallest absolute Gasteiger partial charge is 0.236 e. The molecular formula is C15H18N6OS2. The number of hydrogen-bond donors (Lipinski definition) is 1. The van der Waals surface area contributed by atoms with Crippen molar-refractivity contribution in [3.63, 3.8) is 0 Å². The molecule has 0 saturated heterocycles. The normalized spacial score (nSPS) is 10.9. The first-order chi connectivity index (χ1) is 11.7.